The van der Waals surface area contributed by atoms with E-state index >= 15 is 0 Å². The third kappa shape index (κ3) is 4.40. The molecule has 2 aromatic rings. The molecule has 1 aliphatic heterocycles. The van der Waals surface area contributed by atoms with Crippen LogP contribution in [0.15, 0.2) is 36.7 Å². The number of hydrogen-bond donors (Lipinski definition) is 0. The molecule has 0 radical (unpaired) electrons. The molecule has 150 valence electrons. The highest BCUT2D eigenvalue weighted by atomic mass is 16.5. The number of nitrogens with zero attached hydrogens (tertiary/aromatic N) is 3. The standard InChI is InChI=1S/C23H31N3O2/c1-2-28-21-10-8-18(9-11-21)15-22(27)25-13-4-7-20(17-25)23-24-12-14-26(23)16-19-5-3-6-19/h8-12,14,19-20H,2-7,13,15-17H2,1H3. The number of rotatable bonds is 7. The molecule has 1 saturated carbocycles. The Morgan fingerprint density at radius 2 is 2.00 bits per heavy atom. The van der Waals surface area contributed by atoms with E-state index in [1.165, 1.54) is 25.1 Å². The zero-order chi connectivity index (χ0) is 19.3. The number of likely N-dealkylation sites (tertiary alicyclic amines) is 1. The SMILES string of the molecule is CCOc1ccc(CC(=O)N2CCCC(c3nccn3CC3CCC3)C2)cc1. The van der Waals surface area contributed by atoms with Gasteiger partial charge in [0.15, 0.2) is 0 Å². The van der Waals surface area contributed by atoms with Crippen molar-refractivity contribution in [3.8, 4) is 5.75 Å². The van der Waals surface area contributed by atoms with Gasteiger partial charge < -0.3 is 14.2 Å². The highest BCUT2D eigenvalue weighted by Crippen LogP contribution is 2.31. The molecule has 4 rings (SSSR count). The van der Waals surface area contributed by atoms with Crippen molar-refractivity contribution in [3.05, 3.63) is 48.0 Å². The minimum atomic E-state index is 0.214. The van der Waals surface area contributed by atoms with Crippen molar-refractivity contribution in [2.24, 2.45) is 5.92 Å². The Morgan fingerprint density at radius 1 is 1.18 bits per heavy atom. The van der Waals surface area contributed by atoms with Gasteiger partial charge in [0.1, 0.15) is 11.6 Å². The molecule has 0 N–H and O–H groups in total. The lowest BCUT2D eigenvalue weighted by atomic mass is 9.85. The van der Waals surface area contributed by atoms with Crippen LogP contribution in [0.1, 0.15) is 56.3 Å². The molecular formula is C23H31N3O2. The van der Waals surface area contributed by atoms with Crippen molar-refractivity contribution >= 4 is 5.91 Å². The summed E-state index contributed by atoms with van der Waals surface area (Å²) in [5.41, 5.74) is 1.04. The second-order valence-electron chi connectivity index (χ2n) is 8.17. The molecule has 1 amide bonds. The number of aromatic nitrogens is 2. The molecular weight excluding hydrogens is 350 g/mol. The van der Waals surface area contributed by atoms with E-state index in [1.807, 2.05) is 42.3 Å². The Hall–Kier alpha value is -2.30. The summed E-state index contributed by atoms with van der Waals surface area (Å²) >= 11 is 0. The molecule has 28 heavy (non-hydrogen) atoms. The number of hydrogen-bond acceptors (Lipinski definition) is 3. The van der Waals surface area contributed by atoms with Gasteiger partial charge in [0.05, 0.1) is 13.0 Å². The molecule has 5 nitrogen and oxygen atoms in total. The first kappa shape index (κ1) is 19.0. The van der Waals surface area contributed by atoms with Gasteiger partial charge in [-0.05, 0) is 56.2 Å². The third-order valence-electron chi connectivity index (χ3n) is 6.16. The van der Waals surface area contributed by atoms with Gasteiger partial charge in [-0.15, -0.1) is 0 Å². The van der Waals surface area contributed by atoms with E-state index in [0.717, 1.165) is 49.7 Å². The van der Waals surface area contributed by atoms with E-state index in [4.69, 9.17) is 4.74 Å². The van der Waals surface area contributed by atoms with E-state index in [0.29, 0.717) is 18.9 Å². The molecule has 1 aliphatic carbocycles. The third-order valence-corrected chi connectivity index (χ3v) is 6.16. The summed E-state index contributed by atoms with van der Waals surface area (Å²) in [6.07, 6.45) is 10.7. The number of carbonyl (C=O) groups is 1. The second kappa shape index (κ2) is 8.80. The molecule has 2 aliphatic rings. The maximum Gasteiger partial charge on any atom is 0.227 e. The van der Waals surface area contributed by atoms with Gasteiger partial charge in [0, 0.05) is 37.9 Å². The fourth-order valence-electron chi connectivity index (χ4n) is 4.36. The number of amides is 1. The predicted octanol–water partition coefficient (Wildman–Crippen LogP) is 4.03. The van der Waals surface area contributed by atoms with Gasteiger partial charge >= 0.3 is 0 Å². The van der Waals surface area contributed by atoms with E-state index in [9.17, 15) is 4.79 Å². The normalized spacial score (nSPS) is 20.0. The van der Waals surface area contributed by atoms with Crippen LogP contribution in [0.4, 0.5) is 0 Å². The monoisotopic (exact) mass is 381 g/mol. The molecule has 1 aromatic heterocycles. The van der Waals surface area contributed by atoms with Crippen LogP contribution in [-0.4, -0.2) is 40.1 Å². The molecule has 0 bridgehead atoms. The quantitative estimate of drug-likeness (QED) is 0.727. The number of imidazole rings is 1. The Balaban J connectivity index is 1.36. The van der Waals surface area contributed by atoms with Gasteiger partial charge in [-0.1, -0.05) is 18.6 Å². The molecule has 0 spiro atoms. The maximum absolute atomic E-state index is 12.9. The van der Waals surface area contributed by atoms with Crippen LogP contribution in [0.5, 0.6) is 5.75 Å². The lowest BCUT2D eigenvalue weighted by Gasteiger charge is -2.34. The average molecular weight is 382 g/mol. The van der Waals surface area contributed by atoms with Gasteiger partial charge in [-0.3, -0.25) is 4.79 Å². The van der Waals surface area contributed by atoms with Gasteiger partial charge in [-0.2, -0.15) is 0 Å². The van der Waals surface area contributed by atoms with Crippen LogP contribution in [-0.2, 0) is 17.8 Å². The van der Waals surface area contributed by atoms with Crippen molar-refractivity contribution in [1.82, 2.24) is 14.5 Å². The van der Waals surface area contributed by atoms with Crippen molar-refractivity contribution in [3.63, 3.8) is 0 Å². The summed E-state index contributed by atoms with van der Waals surface area (Å²) in [7, 11) is 0. The van der Waals surface area contributed by atoms with E-state index in [1.54, 1.807) is 0 Å². The predicted molar refractivity (Wildman–Crippen MR) is 109 cm³/mol. The van der Waals surface area contributed by atoms with Crippen molar-refractivity contribution in [1.29, 1.82) is 0 Å². The molecule has 2 fully saturated rings. The Labute approximate surface area is 167 Å². The van der Waals surface area contributed by atoms with Crippen LogP contribution in [0, 0.1) is 5.92 Å². The van der Waals surface area contributed by atoms with Crippen molar-refractivity contribution in [2.75, 3.05) is 19.7 Å². The van der Waals surface area contributed by atoms with Crippen molar-refractivity contribution < 1.29 is 9.53 Å². The first-order valence-electron chi connectivity index (χ1n) is 10.7. The highest BCUT2D eigenvalue weighted by molar-refractivity contribution is 5.79. The topological polar surface area (TPSA) is 47.4 Å². The summed E-state index contributed by atoms with van der Waals surface area (Å²) in [5.74, 6) is 3.41. The molecule has 1 atom stereocenters. The van der Waals surface area contributed by atoms with Crippen LogP contribution in [0.25, 0.3) is 0 Å². The minimum absolute atomic E-state index is 0.214. The zero-order valence-corrected chi connectivity index (χ0v) is 16.8. The smallest absolute Gasteiger partial charge is 0.227 e. The van der Waals surface area contributed by atoms with E-state index in [-0.39, 0.29) is 5.91 Å². The summed E-state index contributed by atoms with van der Waals surface area (Å²) in [5, 5.41) is 0. The molecule has 1 unspecified atom stereocenters. The highest BCUT2D eigenvalue weighted by Gasteiger charge is 2.28. The maximum atomic E-state index is 12.9. The number of piperidine rings is 1. The average Bonchev–Trinajstić information content (AvgIpc) is 3.15. The Kier molecular flexibility index (Phi) is 5.98. The Morgan fingerprint density at radius 3 is 2.71 bits per heavy atom. The molecule has 2 heterocycles. The van der Waals surface area contributed by atoms with E-state index in [2.05, 4.69) is 15.7 Å². The largest absolute Gasteiger partial charge is 0.494 e. The lowest BCUT2D eigenvalue weighted by Crippen LogP contribution is -2.40. The van der Waals surface area contributed by atoms with Crippen LogP contribution in [0.3, 0.4) is 0 Å². The van der Waals surface area contributed by atoms with Crippen molar-refractivity contribution in [2.45, 2.75) is 57.9 Å². The summed E-state index contributed by atoms with van der Waals surface area (Å²) in [4.78, 5) is 19.6. The summed E-state index contributed by atoms with van der Waals surface area (Å²) in [6.45, 7) is 5.37. The van der Waals surface area contributed by atoms with Gasteiger partial charge in [0.2, 0.25) is 5.91 Å². The first-order valence-corrected chi connectivity index (χ1v) is 10.7. The molecule has 5 heteroatoms. The fourth-order valence-corrected chi connectivity index (χ4v) is 4.36. The van der Waals surface area contributed by atoms with Gasteiger partial charge in [0.25, 0.3) is 0 Å². The van der Waals surface area contributed by atoms with Crippen LogP contribution < -0.4 is 4.74 Å². The van der Waals surface area contributed by atoms with Crippen LogP contribution >= 0.6 is 0 Å². The number of benzene rings is 1. The molecule has 1 saturated heterocycles. The lowest BCUT2D eigenvalue weighted by molar-refractivity contribution is -0.131. The zero-order valence-electron chi connectivity index (χ0n) is 16.8. The number of carbonyl (C=O) groups excluding carboxylic acids is 1. The first-order chi connectivity index (χ1) is 13.7. The Bertz CT molecular complexity index is 779. The minimum Gasteiger partial charge on any atom is -0.494 e. The van der Waals surface area contributed by atoms with E-state index < -0.39 is 0 Å². The summed E-state index contributed by atoms with van der Waals surface area (Å²) in [6, 6.07) is 7.88. The number of ether oxygens (including phenoxy) is 1. The molecule has 1 aromatic carbocycles. The van der Waals surface area contributed by atoms with Crippen LogP contribution in [0.2, 0.25) is 0 Å². The van der Waals surface area contributed by atoms with Gasteiger partial charge in [-0.25, -0.2) is 4.98 Å². The second-order valence-corrected chi connectivity index (χ2v) is 8.17. The summed E-state index contributed by atoms with van der Waals surface area (Å²) < 4.78 is 7.83. The fraction of sp³-hybridized carbons (Fsp3) is 0.565.